The van der Waals surface area contributed by atoms with E-state index in [1.165, 1.54) is 0 Å². The highest BCUT2D eigenvalue weighted by atomic mass is 35.5. The summed E-state index contributed by atoms with van der Waals surface area (Å²) in [4.78, 5) is 14.4. The van der Waals surface area contributed by atoms with Crippen molar-refractivity contribution in [3.8, 4) is 5.75 Å². The summed E-state index contributed by atoms with van der Waals surface area (Å²) in [5.74, 6) is 0.747. The molecular weight excluding hydrogens is 352 g/mol. The molecule has 0 aliphatic carbocycles. The molecule has 1 amide bonds. The maximum absolute atomic E-state index is 12.2. The molecule has 1 fully saturated rings. The van der Waals surface area contributed by atoms with Gasteiger partial charge in [0.2, 0.25) is 5.91 Å². The third-order valence-corrected chi connectivity index (χ3v) is 4.49. The van der Waals surface area contributed by atoms with E-state index in [1.54, 1.807) is 0 Å². The Hall–Kier alpha value is -2.24. The standard InChI is InChI=1S/C20H23ClN2O3/c21-18-9-8-16(23-10-13-25-14-11-23)15-19(18)22-20(24)7-4-12-26-17-5-2-1-3-6-17/h1-3,5-6,8-9,15H,4,7,10-14H2,(H,22,24). The Labute approximate surface area is 158 Å². The first-order chi connectivity index (χ1) is 12.7. The number of amides is 1. The summed E-state index contributed by atoms with van der Waals surface area (Å²) in [6.45, 7) is 3.61. The Kier molecular flexibility index (Phi) is 6.75. The van der Waals surface area contributed by atoms with Crippen LogP contribution in [0.25, 0.3) is 0 Å². The molecular formula is C20H23ClN2O3. The van der Waals surface area contributed by atoms with Crippen molar-refractivity contribution < 1.29 is 14.3 Å². The Balaban J connectivity index is 1.48. The summed E-state index contributed by atoms with van der Waals surface area (Å²) in [6.07, 6.45) is 1.02. The van der Waals surface area contributed by atoms with Gasteiger partial charge in [0.25, 0.3) is 0 Å². The van der Waals surface area contributed by atoms with Crippen LogP contribution in [0.3, 0.4) is 0 Å². The predicted octanol–water partition coefficient (Wildman–Crippen LogP) is 3.97. The lowest BCUT2D eigenvalue weighted by Crippen LogP contribution is -2.36. The molecule has 0 saturated carbocycles. The molecule has 6 heteroatoms. The quantitative estimate of drug-likeness (QED) is 0.745. The highest BCUT2D eigenvalue weighted by molar-refractivity contribution is 6.33. The number of rotatable bonds is 7. The second-order valence-corrected chi connectivity index (χ2v) is 6.48. The number of nitrogens with one attached hydrogen (secondary N) is 1. The van der Waals surface area contributed by atoms with E-state index >= 15 is 0 Å². The van der Waals surface area contributed by atoms with Crippen molar-refractivity contribution in [3.63, 3.8) is 0 Å². The maximum Gasteiger partial charge on any atom is 0.224 e. The lowest BCUT2D eigenvalue weighted by molar-refractivity contribution is -0.116. The van der Waals surface area contributed by atoms with E-state index in [9.17, 15) is 4.79 Å². The molecule has 0 unspecified atom stereocenters. The molecule has 2 aromatic rings. The van der Waals surface area contributed by atoms with E-state index in [-0.39, 0.29) is 5.91 Å². The Bertz CT molecular complexity index is 718. The topological polar surface area (TPSA) is 50.8 Å². The molecule has 1 heterocycles. The van der Waals surface area contributed by atoms with Crippen LogP contribution in [0, 0.1) is 0 Å². The van der Waals surface area contributed by atoms with Gasteiger partial charge in [-0.05, 0) is 36.8 Å². The van der Waals surface area contributed by atoms with Crippen LogP contribution in [-0.2, 0) is 9.53 Å². The molecule has 2 aromatic carbocycles. The minimum Gasteiger partial charge on any atom is -0.494 e. The molecule has 0 bridgehead atoms. The van der Waals surface area contributed by atoms with Gasteiger partial charge in [-0.1, -0.05) is 29.8 Å². The summed E-state index contributed by atoms with van der Waals surface area (Å²) in [5, 5.41) is 3.44. The van der Waals surface area contributed by atoms with Gasteiger partial charge in [0.15, 0.2) is 0 Å². The summed E-state index contributed by atoms with van der Waals surface area (Å²) in [6, 6.07) is 15.3. The lowest BCUT2D eigenvalue weighted by Gasteiger charge is -2.29. The normalized spacial score (nSPS) is 14.1. The number of nitrogens with zero attached hydrogens (tertiary/aromatic N) is 1. The van der Waals surface area contributed by atoms with E-state index in [1.807, 2.05) is 48.5 Å². The number of ether oxygens (including phenoxy) is 2. The molecule has 0 atom stereocenters. The average Bonchev–Trinajstić information content (AvgIpc) is 2.68. The molecule has 1 saturated heterocycles. The van der Waals surface area contributed by atoms with Crippen molar-refractivity contribution in [1.82, 2.24) is 0 Å². The lowest BCUT2D eigenvalue weighted by atomic mass is 10.2. The van der Waals surface area contributed by atoms with Gasteiger partial charge in [-0.3, -0.25) is 4.79 Å². The zero-order valence-corrected chi connectivity index (χ0v) is 15.4. The van der Waals surface area contributed by atoms with E-state index in [4.69, 9.17) is 21.1 Å². The number of morpholine rings is 1. The molecule has 1 aliphatic rings. The van der Waals surface area contributed by atoms with Crippen LogP contribution in [-0.4, -0.2) is 38.8 Å². The first kappa shape index (κ1) is 18.5. The first-order valence-electron chi connectivity index (χ1n) is 8.82. The van der Waals surface area contributed by atoms with Gasteiger partial charge in [0.05, 0.1) is 30.5 Å². The molecule has 3 rings (SSSR count). The van der Waals surface area contributed by atoms with Gasteiger partial charge >= 0.3 is 0 Å². The van der Waals surface area contributed by atoms with E-state index in [0.717, 1.165) is 24.5 Å². The van der Waals surface area contributed by atoms with Crippen molar-refractivity contribution in [2.45, 2.75) is 12.8 Å². The third kappa shape index (κ3) is 5.38. The molecule has 5 nitrogen and oxygen atoms in total. The first-order valence-corrected chi connectivity index (χ1v) is 9.20. The number of hydrogen-bond acceptors (Lipinski definition) is 4. The van der Waals surface area contributed by atoms with Crippen LogP contribution in [0.15, 0.2) is 48.5 Å². The van der Waals surface area contributed by atoms with Crippen molar-refractivity contribution >= 4 is 28.9 Å². The zero-order valence-electron chi connectivity index (χ0n) is 14.6. The SMILES string of the molecule is O=C(CCCOc1ccccc1)Nc1cc(N2CCOCC2)ccc1Cl. The highest BCUT2D eigenvalue weighted by Gasteiger charge is 2.14. The molecule has 0 spiro atoms. The second-order valence-electron chi connectivity index (χ2n) is 6.08. The van der Waals surface area contributed by atoms with Crippen molar-refractivity contribution in [2.24, 2.45) is 0 Å². The molecule has 1 aliphatic heterocycles. The minimum absolute atomic E-state index is 0.0670. The number of hydrogen-bond donors (Lipinski definition) is 1. The number of benzene rings is 2. The smallest absolute Gasteiger partial charge is 0.224 e. The average molecular weight is 375 g/mol. The van der Waals surface area contributed by atoms with Gasteiger partial charge in [-0.2, -0.15) is 0 Å². The van der Waals surface area contributed by atoms with Crippen LogP contribution < -0.4 is 15.0 Å². The van der Waals surface area contributed by atoms with E-state index in [0.29, 0.717) is 43.4 Å². The Morgan fingerprint density at radius 2 is 1.92 bits per heavy atom. The monoisotopic (exact) mass is 374 g/mol. The number of anilines is 2. The van der Waals surface area contributed by atoms with E-state index in [2.05, 4.69) is 10.2 Å². The fourth-order valence-electron chi connectivity index (χ4n) is 2.78. The van der Waals surface area contributed by atoms with Crippen LogP contribution in [0.1, 0.15) is 12.8 Å². The van der Waals surface area contributed by atoms with Crippen LogP contribution in [0.5, 0.6) is 5.75 Å². The Morgan fingerprint density at radius 1 is 1.15 bits per heavy atom. The highest BCUT2D eigenvalue weighted by Crippen LogP contribution is 2.28. The number of carbonyl (C=O) groups excluding carboxylic acids is 1. The summed E-state index contributed by atoms with van der Waals surface area (Å²) in [7, 11) is 0. The van der Waals surface area contributed by atoms with Gasteiger partial charge < -0.3 is 19.7 Å². The molecule has 0 radical (unpaired) electrons. The predicted molar refractivity (Wildman–Crippen MR) is 104 cm³/mol. The minimum atomic E-state index is -0.0670. The largest absolute Gasteiger partial charge is 0.494 e. The summed E-state index contributed by atoms with van der Waals surface area (Å²) in [5.41, 5.74) is 1.69. The molecule has 0 aromatic heterocycles. The summed E-state index contributed by atoms with van der Waals surface area (Å²) < 4.78 is 11.0. The molecule has 26 heavy (non-hydrogen) atoms. The fraction of sp³-hybridized carbons (Fsp3) is 0.350. The van der Waals surface area contributed by atoms with Gasteiger partial charge in [-0.15, -0.1) is 0 Å². The second kappa shape index (κ2) is 9.46. The molecule has 138 valence electrons. The van der Waals surface area contributed by atoms with Crippen LogP contribution in [0.4, 0.5) is 11.4 Å². The van der Waals surface area contributed by atoms with E-state index < -0.39 is 0 Å². The Morgan fingerprint density at radius 3 is 2.69 bits per heavy atom. The zero-order chi connectivity index (χ0) is 18.2. The van der Waals surface area contributed by atoms with Gasteiger partial charge in [-0.25, -0.2) is 0 Å². The van der Waals surface area contributed by atoms with Crippen LogP contribution in [0.2, 0.25) is 5.02 Å². The van der Waals surface area contributed by atoms with Gasteiger partial charge in [0, 0.05) is 25.2 Å². The maximum atomic E-state index is 12.2. The number of para-hydroxylation sites is 1. The number of halogens is 1. The third-order valence-electron chi connectivity index (χ3n) is 4.16. The van der Waals surface area contributed by atoms with Crippen molar-refractivity contribution in [1.29, 1.82) is 0 Å². The molecule has 1 N–H and O–H groups in total. The summed E-state index contributed by atoms with van der Waals surface area (Å²) >= 11 is 6.24. The fourth-order valence-corrected chi connectivity index (χ4v) is 2.94. The van der Waals surface area contributed by atoms with Crippen molar-refractivity contribution in [3.05, 3.63) is 53.6 Å². The van der Waals surface area contributed by atoms with Crippen LogP contribution >= 0.6 is 11.6 Å². The van der Waals surface area contributed by atoms with Gasteiger partial charge in [0.1, 0.15) is 5.75 Å². The van der Waals surface area contributed by atoms with Crippen molar-refractivity contribution in [2.75, 3.05) is 43.1 Å². The number of carbonyl (C=O) groups is 1.